The van der Waals surface area contributed by atoms with Gasteiger partial charge in [0, 0.05) is 16.8 Å². The van der Waals surface area contributed by atoms with Crippen LogP contribution in [0.4, 0.5) is 18.9 Å². The van der Waals surface area contributed by atoms with Gasteiger partial charge in [-0.15, -0.1) is 0 Å². The molecule has 50 heavy (non-hydrogen) atoms. The van der Waals surface area contributed by atoms with Crippen LogP contribution < -0.4 is 10.6 Å². The summed E-state index contributed by atoms with van der Waals surface area (Å²) in [7, 11) is 0. The Kier molecular flexibility index (Phi) is 9.26. The van der Waals surface area contributed by atoms with E-state index in [9.17, 15) is 27.6 Å². The predicted octanol–water partition coefficient (Wildman–Crippen LogP) is 5.86. The van der Waals surface area contributed by atoms with E-state index in [-0.39, 0.29) is 29.5 Å². The molecule has 3 aromatic rings. The molecule has 2 aliphatic carbocycles. The standard InChI is InChI=1S/C23H19F3N4O2.C14H13N3O/c24-23(25,26)17-4-3-5-18(12-17)28-19(31)14-30-21(32)20(29-22(30)10-1-2-11-22)16-8-6-15(13-27)7-9-16;15-9-10-3-5-11(6-4-10)12-13(18)17-14(16-12)7-1-2-8-14/h3-9,12H,1-2,10-11,14H2,(H,28,31);3-6H,1-2,7-8H2,(H,17,18). The summed E-state index contributed by atoms with van der Waals surface area (Å²) in [5, 5.41) is 23.2. The molecule has 0 bridgehead atoms. The molecule has 0 radical (unpaired) electrons. The van der Waals surface area contributed by atoms with E-state index in [1.807, 2.05) is 6.07 Å². The van der Waals surface area contributed by atoms with Crippen LogP contribution in [-0.4, -0.2) is 51.9 Å². The van der Waals surface area contributed by atoms with Crippen LogP contribution in [0.1, 0.15) is 79.2 Å². The number of nitrogens with zero attached hydrogens (tertiary/aromatic N) is 5. The molecule has 0 saturated heterocycles. The van der Waals surface area contributed by atoms with Gasteiger partial charge in [0.25, 0.3) is 11.8 Å². The topological polar surface area (TPSA) is 151 Å². The number of hydrogen-bond acceptors (Lipinski definition) is 7. The maximum absolute atomic E-state index is 13.2. The molecule has 254 valence electrons. The molecule has 2 fully saturated rings. The highest BCUT2D eigenvalue weighted by atomic mass is 19.4. The molecule has 2 N–H and O–H groups in total. The Morgan fingerprint density at radius 2 is 1.38 bits per heavy atom. The number of hydrogen-bond donors (Lipinski definition) is 2. The molecule has 4 aliphatic rings. The van der Waals surface area contributed by atoms with E-state index in [1.54, 1.807) is 48.5 Å². The van der Waals surface area contributed by atoms with E-state index in [0.717, 1.165) is 56.2 Å². The number of halogens is 3. The van der Waals surface area contributed by atoms with Crippen molar-refractivity contribution in [2.45, 2.75) is 68.9 Å². The SMILES string of the molecule is N#Cc1ccc(C2=NC3(CCCC3)N(CC(=O)Nc3cccc(C(F)(F)F)c3)C2=O)cc1.N#Cc1ccc(C2=NC3(CCCC3)NC2=O)cc1. The summed E-state index contributed by atoms with van der Waals surface area (Å²) < 4.78 is 38.8. The van der Waals surface area contributed by atoms with Crippen LogP contribution >= 0.6 is 0 Å². The largest absolute Gasteiger partial charge is 0.416 e. The van der Waals surface area contributed by atoms with Crippen molar-refractivity contribution in [3.05, 3.63) is 101 Å². The molecule has 10 nitrogen and oxygen atoms in total. The van der Waals surface area contributed by atoms with E-state index < -0.39 is 29.2 Å². The summed E-state index contributed by atoms with van der Waals surface area (Å²) in [6, 6.07) is 21.9. The molecule has 2 spiro atoms. The molecule has 2 heterocycles. The van der Waals surface area contributed by atoms with Crippen LogP contribution in [0.15, 0.2) is 82.8 Å². The number of amides is 3. The zero-order chi connectivity index (χ0) is 35.5. The number of nitriles is 2. The minimum absolute atomic E-state index is 0.00479. The smallest absolute Gasteiger partial charge is 0.326 e. The second kappa shape index (κ2) is 13.6. The minimum atomic E-state index is -4.52. The number of carbonyl (C=O) groups excluding carboxylic acids is 3. The van der Waals surface area contributed by atoms with Crippen molar-refractivity contribution in [1.82, 2.24) is 10.2 Å². The van der Waals surface area contributed by atoms with Gasteiger partial charge in [-0.05, 0) is 93.8 Å². The number of anilines is 1. The van der Waals surface area contributed by atoms with Gasteiger partial charge in [0.2, 0.25) is 5.91 Å². The highest BCUT2D eigenvalue weighted by Gasteiger charge is 2.49. The quantitative estimate of drug-likeness (QED) is 0.346. The lowest BCUT2D eigenvalue weighted by atomic mass is 10.1. The lowest BCUT2D eigenvalue weighted by Gasteiger charge is -2.32. The maximum Gasteiger partial charge on any atom is 0.416 e. The molecule has 7 rings (SSSR count). The molecule has 0 unspecified atom stereocenters. The first-order valence-electron chi connectivity index (χ1n) is 16.3. The minimum Gasteiger partial charge on any atom is -0.326 e. The van der Waals surface area contributed by atoms with Crippen molar-refractivity contribution in [2.75, 3.05) is 11.9 Å². The monoisotopic (exact) mass is 679 g/mol. The third-order valence-electron chi connectivity index (χ3n) is 9.34. The molecular weight excluding hydrogens is 647 g/mol. The summed E-state index contributed by atoms with van der Waals surface area (Å²) in [5.74, 6) is -1.10. The van der Waals surface area contributed by atoms with Gasteiger partial charge < -0.3 is 15.5 Å². The maximum atomic E-state index is 13.2. The zero-order valence-corrected chi connectivity index (χ0v) is 26.9. The first-order chi connectivity index (χ1) is 23.9. The highest BCUT2D eigenvalue weighted by molar-refractivity contribution is 6.47. The summed E-state index contributed by atoms with van der Waals surface area (Å²) in [6.45, 7) is -0.321. The summed E-state index contributed by atoms with van der Waals surface area (Å²) in [5.41, 5.74) is 1.07. The first-order valence-corrected chi connectivity index (χ1v) is 16.3. The number of benzene rings is 3. The number of carbonyl (C=O) groups is 3. The van der Waals surface area contributed by atoms with Crippen molar-refractivity contribution in [3.63, 3.8) is 0 Å². The van der Waals surface area contributed by atoms with Gasteiger partial charge in [-0.3, -0.25) is 24.4 Å². The van der Waals surface area contributed by atoms with Crippen LogP contribution in [0.25, 0.3) is 0 Å². The van der Waals surface area contributed by atoms with Crippen LogP contribution in [0.2, 0.25) is 0 Å². The summed E-state index contributed by atoms with van der Waals surface area (Å²) in [6.07, 6.45) is 2.48. The van der Waals surface area contributed by atoms with Crippen molar-refractivity contribution >= 4 is 34.8 Å². The van der Waals surface area contributed by atoms with Crippen molar-refractivity contribution in [2.24, 2.45) is 9.98 Å². The summed E-state index contributed by atoms with van der Waals surface area (Å²) in [4.78, 5) is 48.6. The van der Waals surface area contributed by atoms with Gasteiger partial charge in [0.05, 0.1) is 28.8 Å². The van der Waals surface area contributed by atoms with E-state index >= 15 is 0 Å². The fourth-order valence-corrected chi connectivity index (χ4v) is 6.84. The Morgan fingerprint density at radius 3 is 1.94 bits per heavy atom. The lowest BCUT2D eigenvalue weighted by Crippen LogP contribution is -2.48. The van der Waals surface area contributed by atoms with E-state index in [1.165, 1.54) is 17.0 Å². The Balaban J connectivity index is 0.000000202. The Morgan fingerprint density at radius 1 is 0.820 bits per heavy atom. The zero-order valence-electron chi connectivity index (χ0n) is 26.9. The van der Waals surface area contributed by atoms with Gasteiger partial charge in [0.1, 0.15) is 29.3 Å². The van der Waals surface area contributed by atoms with Crippen molar-refractivity contribution < 1.29 is 27.6 Å². The average molecular weight is 680 g/mol. The molecular formula is C37H32F3N7O3. The molecule has 2 saturated carbocycles. The molecule has 3 aromatic carbocycles. The molecule has 13 heteroatoms. The molecule has 0 atom stereocenters. The average Bonchev–Trinajstić information content (AvgIpc) is 3.90. The normalized spacial score (nSPS) is 18.5. The van der Waals surface area contributed by atoms with Crippen molar-refractivity contribution in [3.8, 4) is 12.1 Å². The third kappa shape index (κ3) is 6.99. The van der Waals surface area contributed by atoms with Gasteiger partial charge in [-0.2, -0.15) is 23.7 Å². The summed E-state index contributed by atoms with van der Waals surface area (Å²) >= 11 is 0. The van der Waals surface area contributed by atoms with E-state index in [2.05, 4.69) is 21.7 Å². The van der Waals surface area contributed by atoms with Gasteiger partial charge in [0.15, 0.2) is 0 Å². The Bertz CT molecular complexity index is 1960. The van der Waals surface area contributed by atoms with Gasteiger partial charge >= 0.3 is 6.18 Å². The molecule has 0 aromatic heterocycles. The lowest BCUT2D eigenvalue weighted by molar-refractivity contribution is -0.137. The van der Waals surface area contributed by atoms with Crippen LogP contribution in [-0.2, 0) is 20.6 Å². The van der Waals surface area contributed by atoms with Crippen LogP contribution in [0.5, 0.6) is 0 Å². The number of rotatable bonds is 5. The van der Waals surface area contributed by atoms with Gasteiger partial charge in [-0.25, -0.2) is 0 Å². The number of aliphatic imine (C=N–C) groups is 2. The van der Waals surface area contributed by atoms with Crippen LogP contribution in [0, 0.1) is 22.7 Å². The second-order valence-electron chi connectivity index (χ2n) is 12.7. The number of alkyl halides is 3. The second-order valence-corrected chi connectivity index (χ2v) is 12.7. The van der Waals surface area contributed by atoms with E-state index in [4.69, 9.17) is 15.5 Å². The Labute approximate surface area is 286 Å². The van der Waals surface area contributed by atoms with Gasteiger partial charge in [-0.1, -0.05) is 30.3 Å². The van der Waals surface area contributed by atoms with Crippen molar-refractivity contribution in [1.29, 1.82) is 10.5 Å². The van der Waals surface area contributed by atoms with E-state index in [0.29, 0.717) is 35.2 Å². The molecule has 2 aliphatic heterocycles. The number of nitrogens with one attached hydrogen (secondary N) is 2. The fraction of sp³-hybridized carbons (Fsp3) is 0.324. The first kappa shape index (κ1) is 34.1. The fourth-order valence-electron chi connectivity index (χ4n) is 6.84. The highest BCUT2D eigenvalue weighted by Crippen LogP contribution is 2.41. The molecule has 3 amide bonds. The predicted molar refractivity (Wildman–Crippen MR) is 178 cm³/mol. The van der Waals surface area contributed by atoms with Crippen LogP contribution in [0.3, 0.4) is 0 Å². The third-order valence-corrected chi connectivity index (χ3v) is 9.34. The Hall–Kier alpha value is -5.82.